The van der Waals surface area contributed by atoms with Crippen molar-refractivity contribution in [2.45, 2.75) is 39.5 Å². The van der Waals surface area contributed by atoms with Crippen LogP contribution in [0.4, 0.5) is 11.4 Å². The highest BCUT2D eigenvalue weighted by Crippen LogP contribution is 2.36. The lowest BCUT2D eigenvalue weighted by molar-refractivity contribution is 0.0982. The summed E-state index contributed by atoms with van der Waals surface area (Å²) in [5, 5.41) is 4.37. The number of Topliss-reactive ketones (excluding diaryl/α,β-unsaturated/α-hetero) is 1. The molecule has 1 atom stereocenters. The summed E-state index contributed by atoms with van der Waals surface area (Å²) in [5.41, 5.74) is 4.17. The van der Waals surface area contributed by atoms with Crippen LogP contribution in [0, 0.1) is 0 Å². The molecule has 1 aromatic heterocycles. The number of nitrogens with one attached hydrogen (secondary N) is 1. The predicted molar refractivity (Wildman–Crippen MR) is 129 cm³/mol. The van der Waals surface area contributed by atoms with Crippen LogP contribution >= 0.6 is 0 Å². The number of benzene rings is 2. The Balaban J connectivity index is 2.11. The number of carbonyl (C=O) groups is 1. The first-order chi connectivity index (χ1) is 14.9. The van der Waals surface area contributed by atoms with Gasteiger partial charge in [0.2, 0.25) is 0 Å². The number of hydrogen-bond acceptors (Lipinski definition) is 5. The Morgan fingerprint density at radius 3 is 2.68 bits per heavy atom. The molecule has 0 aliphatic carbocycles. The molecule has 1 heterocycles. The standard InChI is InChI=1S/C25H30N2O3S/c1-5-9-22(28)20-16-26-25-19(11-8-13-23(25)30-14-15-31(4)29)24(20)27-21-12-7-6-10-18(21)17(2)3/h6-8,10-13,16-17H,5,9,14-15H2,1-4H3,(H,26,27). The monoisotopic (exact) mass is 438 g/mol. The SMILES string of the molecule is CCCC(=O)c1cnc2c(OCC[S+](C)[O-])cccc2c1Nc1ccccc1C(C)C. The number of fused-ring (bicyclic) bond motifs is 1. The van der Waals surface area contributed by atoms with Gasteiger partial charge in [0.15, 0.2) is 5.78 Å². The van der Waals surface area contributed by atoms with E-state index in [0.717, 1.165) is 23.2 Å². The van der Waals surface area contributed by atoms with Gasteiger partial charge in [-0.25, -0.2) is 0 Å². The average molecular weight is 439 g/mol. The van der Waals surface area contributed by atoms with Gasteiger partial charge >= 0.3 is 0 Å². The number of ketones is 1. The van der Waals surface area contributed by atoms with E-state index in [9.17, 15) is 9.35 Å². The number of hydrogen-bond donors (Lipinski definition) is 1. The number of nitrogens with zero attached hydrogens (tertiary/aromatic N) is 1. The van der Waals surface area contributed by atoms with Gasteiger partial charge in [-0.3, -0.25) is 9.78 Å². The first kappa shape index (κ1) is 23.1. The van der Waals surface area contributed by atoms with Crippen LogP contribution in [0.3, 0.4) is 0 Å². The minimum Gasteiger partial charge on any atom is -0.616 e. The number of pyridine rings is 1. The van der Waals surface area contributed by atoms with Crippen molar-refractivity contribution < 1.29 is 14.1 Å². The summed E-state index contributed by atoms with van der Waals surface area (Å²) < 4.78 is 17.3. The van der Waals surface area contributed by atoms with E-state index in [4.69, 9.17) is 4.74 Å². The van der Waals surface area contributed by atoms with Crippen molar-refractivity contribution >= 4 is 39.2 Å². The molecule has 1 unspecified atom stereocenters. The summed E-state index contributed by atoms with van der Waals surface area (Å²) in [6, 6.07) is 13.9. The highest BCUT2D eigenvalue weighted by Gasteiger charge is 2.18. The summed E-state index contributed by atoms with van der Waals surface area (Å²) in [4.78, 5) is 17.5. The molecule has 0 saturated heterocycles. The van der Waals surface area contributed by atoms with Gasteiger partial charge < -0.3 is 14.6 Å². The van der Waals surface area contributed by atoms with E-state index in [0.29, 0.717) is 41.5 Å². The Morgan fingerprint density at radius 1 is 1.19 bits per heavy atom. The molecule has 5 nitrogen and oxygen atoms in total. The lowest BCUT2D eigenvalue weighted by atomic mass is 9.99. The van der Waals surface area contributed by atoms with E-state index < -0.39 is 11.2 Å². The van der Waals surface area contributed by atoms with Crippen molar-refractivity contribution in [1.29, 1.82) is 0 Å². The molecule has 0 spiro atoms. The summed E-state index contributed by atoms with van der Waals surface area (Å²) in [5.74, 6) is 1.48. The van der Waals surface area contributed by atoms with Crippen LogP contribution < -0.4 is 10.1 Å². The molecule has 0 saturated carbocycles. The second-order valence-corrected chi connectivity index (χ2v) is 9.42. The second kappa shape index (κ2) is 10.6. The van der Waals surface area contributed by atoms with E-state index in [1.807, 2.05) is 43.3 Å². The fraction of sp³-hybridized carbons (Fsp3) is 0.360. The second-order valence-electron chi connectivity index (χ2n) is 7.87. The van der Waals surface area contributed by atoms with Gasteiger partial charge in [-0.1, -0.05) is 62.3 Å². The fourth-order valence-electron chi connectivity index (χ4n) is 3.54. The smallest absolute Gasteiger partial charge is 0.166 e. The van der Waals surface area contributed by atoms with Crippen LogP contribution in [0.5, 0.6) is 5.75 Å². The summed E-state index contributed by atoms with van der Waals surface area (Å²) in [6.07, 6.45) is 4.54. The lowest BCUT2D eigenvalue weighted by Gasteiger charge is -2.19. The molecule has 3 rings (SSSR count). The van der Waals surface area contributed by atoms with Crippen LogP contribution in [-0.4, -0.2) is 33.9 Å². The molecule has 2 aromatic carbocycles. The predicted octanol–water partition coefficient (Wildman–Crippen LogP) is 5.84. The molecule has 0 bridgehead atoms. The van der Waals surface area contributed by atoms with Crippen molar-refractivity contribution in [3.05, 3.63) is 59.8 Å². The molecule has 164 valence electrons. The van der Waals surface area contributed by atoms with Gasteiger partial charge in [0.05, 0.1) is 17.5 Å². The summed E-state index contributed by atoms with van der Waals surface area (Å²) >= 11 is -0.926. The third kappa shape index (κ3) is 5.57. The first-order valence-corrected chi connectivity index (χ1v) is 12.4. The van der Waals surface area contributed by atoms with Gasteiger partial charge in [0, 0.05) is 23.7 Å². The Labute approximate surface area is 187 Å². The molecule has 3 aromatic rings. The van der Waals surface area contributed by atoms with Crippen LogP contribution in [0.25, 0.3) is 10.9 Å². The van der Waals surface area contributed by atoms with Gasteiger partial charge in [0.1, 0.15) is 23.6 Å². The molecule has 1 N–H and O–H groups in total. The Morgan fingerprint density at radius 2 is 1.97 bits per heavy atom. The number of carbonyl (C=O) groups excluding carboxylic acids is 1. The van der Waals surface area contributed by atoms with Gasteiger partial charge in [-0.2, -0.15) is 0 Å². The number of ether oxygens (including phenoxy) is 1. The lowest BCUT2D eigenvalue weighted by Crippen LogP contribution is -2.12. The zero-order valence-corrected chi connectivity index (χ0v) is 19.4. The molecule has 0 aliphatic rings. The topological polar surface area (TPSA) is 74.3 Å². The molecular formula is C25H30N2O3S. The van der Waals surface area contributed by atoms with Crippen molar-refractivity contribution in [3.8, 4) is 5.75 Å². The Hall–Kier alpha value is -2.57. The van der Waals surface area contributed by atoms with E-state index in [1.54, 1.807) is 12.5 Å². The number of anilines is 2. The quantitative estimate of drug-likeness (QED) is 0.318. The van der Waals surface area contributed by atoms with Crippen LogP contribution in [-0.2, 0) is 11.2 Å². The number of rotatable bonds is 10. The van der Waals surface area contributed by atoms with E-state index in [2.05, 4.69) is 30.2 Å². The molecule has 0 amide bonds. The summed E-state index contributed by atoms with van der Waals surface area (Å²) in [7, 11) is 0. The molecular weight excluding hydrogens is 408 g/mol. The maximum Gasteiger partial charge on any atom is 0.166 e. The van der Waals surface area contributed by atoms with Crippen LogP contribution in [0.15, 0.2) is 48.7 Å². The fourth-order valence-corrected chi connectivity index (χ4v) is 3.86. The third-order valence-electron chi connectivity index (χ3n) is 5.11. The number of aromatic nitrogens is 1. The van der Waals surface area contributed by atoms with Crippen LogP contribution in [0.2, 0.25) is 0 Å². The maximum atomic E-state index is 12.9. The highest BCUT2D eigenvalue weighted by atomic mass is 32.2. The average Bonchev–Trinajstić information content (AvgIpc) is 2.74. The van der Waals surface area contributed by atoms with Gasteiger partial charge in [-0.15, -0.1) is 0 Å². The van der Waals surface area contributed by atoms with Crippen molar-refractivity contribution in [2.75, 3.05) is 23.9 Å². The number of para-hydroxylation sites is 2. The Kier molecular flexibility index (Phi) is 7.93. The minimum absolute atomic E-state index is 0.0640. The molecule has 31 heavy (non-hydrogen) atoms. The third-order valence-corrected chi connectivity index (χ3v) is 5.85. The van der Waals surface area contributed by atoms with Gasteiger partial charge in [0.25, 0.3) is 0 Å². The minimum atomic E-state index is -0.926. The van der Waals surface area contributed by atoms with E-state index in [1.165, 1.54) is 5.56 Å². The summed E-state index contributed by atoms with van der Waals surface area (Å²) in [6.45, 7) is 6.65. The first-order valence-electron chi connectivity index (χ1n) is 10.7. The van der Waals surface area contributed by atoms with E-state index in [-0.39, 0.29) is 5.78 Å². The molecule has 0 fully saturated rings. The van der Waals surface area contributed by atoms with Crippen molar-refractivity contribution in [1.82, 2.24) is 4.98 Å². The normalized spacial score (nSPS) is 12.2. The highest BCUT2D eigenvalue weighted by molar-refractivity contribution is 7.90. The largest absolute Gasteiger partial charge is 0.616 e. The van der Waals surface area contributed by atoms with Crippen molar-refractivity contribution in [2.24, 2.45) is 0 Å². The van der Waals surface area contributed by atoms with E-state index >= 15 is 0 Å². The maximum absolute atomic E-state index is 12.9. The Bertz CT molecular complexity index is 1050. The molecule has 0 radical (unpaired) electrons. The zero-order chi connectivity index (χ0) is 22.4. The van der Waals surface area contributed by atoms with Crippen LogP contribution in [0.1, 0.15) is 55.5 Å². The van der Waals surface area contributed by atoms with Gasteiger partial charge in [-0.05, 0) is 30.0 Å². The molecule has 0 aliphatic heterocycles. The molecule has 6 heteroatoms. The van der Waals surface area contributed by atoms with Crippen molar-refractivity contribution in [3.63, 3.8) is 0 Å². The zero-order valence-electron chi connectivity index (χ0n) is 18.6.